The van der Waals surface area contributed by atoms with Crippen LogP contribution in [0.4, 0.5) is 14.6 Å². The lowest BCUT2D eigenvalue weighted by Crippen LogP contribution is -2.28. The Labute approximate surface area is 205 Å². The Hall–Kier alpha value is -4.01. The van der Waals surface area contributed by atoms with E-state index in [4.69, 9.17) is 0 Å². The number of ether oxygens (including phenoxy) is 2. The van der Waals surface area contributed by atoms with Gasteiger partial charge < -0.3 is 20.1 Å². The molecule has 2 aliphatic heterocycles. The van der Waals surface area contributed by atoms with Crippen LogP contribution in [0.2, 0.25) is 0 Å². The number of carbonyl (C=O) groups excluding carboxylic acids is 2. The summed E-state index contributed by atoms with van der Waals surface area (Å²) in [6, 6.07) is 16.0. The molecule has 1 aromatic heterocycles. The lowest BCUT2D eigenvalue weighted by atomic mass is 9.94. The first kappa shape index (κ1) is 22.5. The van der Waals surface area contributed by atoms with E-state index in [1.165, 1.54) is 12.1 Å². The van der Waals surface area contributed by atoms with Crippen LogP contribution in [-0.2, 0) is 15.0 Å². The number of hydrogen-bond donors (Lipinski definition) is 2. The number of nitrogens with one attached hydrogen (secondary N) is 2. The minimum absolute atomic E-state index is 0.0309. The molecule has 7 nitrogen and oxygen atoms in total. The number of benzene rings is 2. The van der Waals surface area contributed by atoms with E-state index in [0.29, 0.717) is 30.6 Å². The molecular weight excluding hydrogens is 468 g/mol. The topological polar surface area (TPSA) is 89.6 Å². The summed E-state index contributed by atoms with van der Waals surface area (Å²) >= 11 is 0. The van der Waals surface area contributed by atoms with Gasteiger partial charge in [-0.3, -0.25) is 9.59 Å². The zero-order valence-electron chi connectivity index (χ0n) is 19.4. The van der Waals surface area contributed by atoms with Crippen LogP contribution < -0.4 is 20.1 Å². The molecule has 1 aliphatic carbocycles. The van der Waals surface area contributed by atoms with Crippen molar-refractivity contribution in [3.63, 3.8) is 0 Å². The van der Waals surface area contributed by atoms with Gasteiger partial charge in [0.05, 0.1) is 17.2 Å². The molecule has 3 heterocycles. The molecule has 2 fully saturated rings. The number of rotatable bonds is 5. The van der Waals surface area contributed by atoms with Crippen LogP contribution in [0.25, 0.3) is 11.3 Å². The summed E-state index contributed by atoms with van der Waals surface area (Å²) in [7, 11) is 0. The molecule has 1 atom stereocenters. The summed E-state index contributed by atoms with van der Waals surface area (Å²) < 4.78 is 35.8. The zero-order chi connectivity index (χ0) is 25.1. The lowest BCUT2D eigenvalue weighted by molar-refractivity contribution is -0.286. The number of amides is 2. The van der Waals surface area contributed by atoms with Crippen LogP contribution >= 0.6 is 0 Å². The molecule has 2 aromatic carbocycles. The second kappa shape index (κ2) is 8.01. The van der Waals surface area contributed by atoms with E-state index in [1.54, 1.807) is 12.1 Å². The number of hydrogen-bond acceptors (Lipinski definition) is 5. The van der Waals surface area contributed by atoms with Crippen LogP contribution in [-0.4, -0.2) is 23.1 Å². The Morgan fingerprint density at radius 2 is 1.81 bits per heavy atom. The smallest absolute Gasteiger partial charge is 0.395 e. The van der Waals surface area contributed by atoms with Gasteiger partial charge in [0.15, 0.2) is 11.5 Å². The maximum atomic E-state index is 13.4. The predicted octanol–water partition coefficient (Wildman–Crippen LogP) is 5.00. The lowest BCUT2D eigenvalue weighted by Gasteiger charge is -2.17. The van der Waals surface area contributed by atoms with Crippen molar-refractivity contribution in [2.45, 2.75) is 50.4 Å². The van der Waals surface area contributed by atoms with E-state index in [2.05, 4.69) is 25.1 Å². The fraction of sp³-hybridized carbons (Fsp3) is 0.296. The number of carbonyl (C=O) groups is 2. The Kier molecular flexibility index (Phi) is 5.00. The molecule has 36 heavy (non-hydrogen) atoms. The third-order valence-corrected chi connectivity index (χ3v) is 7.06. The summed E-state index contributed by atoms with van der Waals surface area (Å²) in [6.45, 7) is 1.95. The maximum absolute atomic E-state index is 13.4. The molecule has 0 spiro atoms. The molecular formula is C27H23F2N3O4. The van der Waals surface area contributed by atoms with E-state index < -0.39 is 11.7 Å². The molecule has 1 saturated heterocycles. The van der Waals surface area contributed by atoms with Crippen LogP contribution in [0.5, 0.6) is 11.5 Å². The summed E-state index contributed by atoms with van der Waals surface area (Å²) in [5.74, 6) is 0.102. The monoisotopic (exact) mass is 491 g/mol. The number of fused-ring (bicyclic) bond motifs is 1. The number of alkyl halides is 2. The van der Waals surface area contributed by atoms with Gasteiger partial charge in [0.25, 0.3) is 0 Å². The number of aromatic nitrogens is 1. The van der Waals surface area contributed by atoms with Crippen molar-refractivity contribution >= 4 is 17.6 Å². The van der Waals surface area contributed by atoms with E-state index in [-0.39, 0.29) is 29.4 Å². The number of nitrogens with zero attached hydrogens (tertiary/aromatic N) is 1. The van der Waals surface area contributed by atoms with Crippen molar-refractivity contribution in [1.82, 2.24) is 10.3 Å². The van der Waals surface area contributed by atoms with Gasteiger partial charge in [0.2, 0.25) is 11.8 Å². The number of pyridine rings is 1. The van der Waals surface area contributed by atoms with Crippen molar-refractivity contribution in [2.24, 2.45) is 0 Å². The van der Waals surface area contributed by atoms with E-state index in [1.807, 2.05) is 37.3 Å². The highest BCUT2D eigenvalue weighted by Crippen LogP contribution is 2.52. The Morgan fingerprint density at radius 3 is 2.50 bits per heavy atom. The van der Waals surface area contributed by atoms with Crippen LogP contribution in [0, 0.1) is 6.92 Å². The molecule has 2 N–H and O–H groups in total. The molecule has 2 amide bonds. The molecule has 184 valence electrons. The molecule has 6 rings (SSSR count). The van der Waals surface area contributed by atoms with Crippen LogP contribution in [0.1, 0.15) is 48.4 Å². The quantitative estimate of drug-likeness (QED) is 0.524. The standard InChI is InChI=1S/C27H23F2N3O4/c1-15-2-10-22(31-24(15)17-5-3-16(4-6-17)19-8-11-23(33)30-19)32-25(34)26(12-13-26)18-7-9-20-21(14-18)36-27(28,29)35-20/h2-7,9-10,14,19H,8,11-13H2,1H3,(H,30,33)(H,31,32,34). The molecule has 3 aliphatic rings. The van der Waals surface area contributed by atoms with Crippen molar-refractivity contribution in [3.05, 3.63) is 71.3 Å². The minimum atomic E-state index is -3.70. The van der Waals surface area contributed by atoms with Gasteiger partial charge in [-0.1, -0.05) is 36.4 Å². The SMILES string of the molecule is Cc1ccc(NC(=O)C2(c3ccc4c(c3)OC(F)(F)O4)CC2)nc1-c1ccc(C2CCC(=O)N2)cc1. The third kappa shape index (κ3) is 3.94. The third-order valence-electron chi connectivity index (χ3n) is 7.06. The van der Waals surface area contributed by atoms with Crippen LogP contribution in [0.15, 0.2) is 54.6 Å². The number of aryl methyl sites for hydroxylation is 1. The Balaban J connectivity index is 1.21. The molecule has 9 heteroatoms. The molecule has 1 saturated carbocycles. The van der Waals surface area contributed by atoms with E-state index >= 15 is 0 Å². The van der Waals surface area contributed by atoms with Gasteiger partial charge in [-0.05, 0) is 61.1 Å². The van der Waals surface area contributed by atoms with Crippen LogP contribution in [0.3, 0.4) is 0 Å². The first-order chi connectivity index (χ1) is 17.2. The van der Waals surface area contributed by atoms with Gasteiger partial charge in [-0.25, -0.2) is 4.98 Å². The molecule has 0 bridgehead atoms. The van der Waals surface area contributed by atoms with Crippen molar-refractivity contribution in [1.29, 1.82) is 0 Å². The Morgan fingerprint density at radius 1 is 1.06 bits per heavy atom. The highest BCUT2D eigenvalue weighted by Gasteiger charge is 2.53. The summed E-state index contributed by atoms with van der Waals surface area (Å²) in [5, 5.41) is 5.88. The maximum Gasteiger partial charge on any atom is 0.586 e. The van der Waals surface area contributed by atoms with Crippen molar-refractivity contribution < 1.29 is 27.8 Å². The first-order valence-electron chi connectivity index (χ1n) is 11.8. The number of halogens is 2. The second-order valence-corrected chi connectivity index (χ2v) is 9.51. The molecule has 3 aromatic rings. The summed E-state index contributed by atoms with van der Waals surface area (Å²) in [5.41, 5.74) is 3.41. The normalized spacial score (nSPS) is 20.6. The highest BCUT2D eigenvalue weighted by molar-refractivity contribution is 6.01. The van der Waals surface area contributed by atoms with Crippen molar-refractivity contribution in [2.75, 3.05) is 5.32 Å². The first-order valence-corrected chi connectivity index (χ1v) is 11.8. The second-order valence-electron chi connectivity index (χ2n) is 9.51. The minimum Gasteiger partial charge on any atom is -0.395 e. The zero-order valence-corrected chi connectivity index (χ0v) is 19.4. The summed E-state index contributed by atoms with van der Waals surface area (Å²) in [4.78, 5) is 29.5. The van der Waals surface area contributed by atoms with E-state index in [0.717, 1.165) is 28.8 Å². The average molecular weight is 491 g/mol. The summed E-state index contributed by atoms with van der Waals surface area (Å²) in [6.07, 6.45) is -1.20. The van der Waals surface area contributed by atoms with Gasteiger partial charge in [-0.2, -0.15) is 0 Å². The highest BCUT2D eigenvalue weighted by atomic mass is 19.3. The van der Waals surface area contributed by atoms with Gasteiger partial charge in [0.1, 0.15) is 5.82 Å². The van der Waals surface area contributed by atoms with Gasteiger partial charge in [0, 0.05) is 12.0 Å². The predicted molar refractivity (Wildman–Crippen MR) is 127 cm³/mol. The fourth-order valence-electron chi connectivity index (χ4n) is 4.88. The molecule has 1 unspecified atom stereocenters. The van der Waals surface area contributed by atoms with Gasteiger partial charge in [-0.15, -0.1) is 8.78 Å². The van der Waals surface area contributed by atoms with E-state index in [9.17, 15) is 18.4 Å². The molecule has 0 radical (unpaired) electrons. The largest absolute Gasteiger partial charge is 0.586 e. The van der Waals surface area contributed by atoms with Crippen molar-refractivity contribution in [3.8, 4) is 22.8 Å². The van der Waals surface area contributed by atoms with Gasteiger partial charge >= 0.3 is 6.29 Å². The Bertz CT molecular complexity index is 1390. The fourth-order valence-corrected chi connectivity index (χ4v) is 4.88. The number of anilines is 1. The average Bonchev–Trinajstić information content (AvgIpc) is 3.45.